The summed E-state index contributed by atoms with van der Waals surface area (Å²) < 4.78 is 37.0. The van der Waals surface area contributed by atoms with Crippen LogP contribution in [0.2, 0.25) is 0 Å². The lowest BCUT2D eigenvalue weighted by molar-refractivity contribution is -0.137. The molecule has 0 aliphatic carbocycles. The lowest BCUT2D eigenvalue weighted by atomic mass is 9.94. The van der Waals surface area contributed by atoms with Crippen molar-refractivity contribution in [3.63, 3.8) is 0 Å². The Labute approximate surface area is 90.5 Å². The van der Waals surface area contributed by atoms with Crippen LogP contribution in [0.4, 0.5) is 13.2 Å². The quantitative estimate of drug-likeness (QED) is 0.703. The van der Waals surface area contributed by atoms with Crippen LogP contribution in [0.5, 0.6) is 0 Å². The van der Waals surface area contributed by atoms with Crippen molar-refractivity contribution in [1.29, 1.82) is 0 Å². The van der Waals surface area contributed by atoms with Crippen molar-refractivity contribution < 1.29 is 13.2 Å². The van der Waals surface area contributed by atoms with Crippen molar-refractivity contribution in [2.24, 2.45) is 9.98 Å². The predicted molar refractivity (Wildman–Crippen MR) is 55.8 cm³/mol. The minimum Gasteiger partial charge on any atom is -0.257 e. The summed E-state index contributed by atoms with van der Waals surface area (Å²) in [5, 5.41) is 0. The lowest BCUT2D eigenvalue weighted by Crippen LogP contribution is -2.18. The molecule has 2 nitrogen and oxygen atoms in total. The molecule has 0 aromatic heterocycles. The van der Waals surface area contributed by atoms with E-state index in [2.05, 4.69) is 9.98 Å². The van der Waals surface area contributed by atoms with Crippen molar-refractivity contribution in [3.8, 4) is 0 Å². The van der Waals surface area contributed by atoms with Gasteiger partial charge in [0.15, 0.2) is 0 Å². The first-order valence-corrected chi connectivity index (χ1v) is 4.68. The summed E-state index contributed by atoms with van der Waals surface area (Å²) in [6, 6.07) is 4.97. The average Bonchev–Trinajstić information content (AvgIpc) is 2.66. The second kappa shape index (κ2) is 3.43. The third-order valence-electron chi connectivity index (χ3n) is 2.52. The predicted octanol–water partition coefficient (Wildman–Crippen LogP) is 3.03. The largest absolute Gasteiger partial charge is 0.416 e. The van der Waals surface area contributed by atoms with Gasteiger partial charge in [0.2, 0.25) is 0 Å². The average molecular weight is 226 g/mol. The topological polar surface area (TPSA) is 24.7 Å². The number of nitrogens with zero attached hydrogens (tertiary/aromatic N) is 2. The van der Waals surface area contributed by atoms with E-state index in [1.54, 1.807) is 13.1 Å². The third kappa shape index (κ3) is 1.85. The van der Waals surface area contributed by atoms with Crippen LogP contribution in [-0.2, 0) is 11.7 Å². The molecule has 5 heteroatoms. The zero-order valence-corrected chi connectivity index (χ0v) is 8.49. The molecule has 0 fully saturated rings. The van der Waals surface area contributed by atoms with Gasteiger partial charge in [-0.25, -0.2) is 4.99 Å². The Morgan fingerprint density at radius 2 is 1.75 bits per heavy atom. The van der Waals surface area contributed by atoms with E-state index in [9.17, 15) is 13.2 Å². The molecule has 16 heavy (non-hydrogen) atoms. The summed E-state index contributed by atoms with van der Waals surface area (Å²) in [5.41, 5.74) is -0.596. The molecule has 1 unspecified atom stereocenters. The van der Waals surface area contributed by atoms with Gasteiger partial charge in [-0.05, 0) is 24.6 Å². The third-order valence-corrected chi connectivity index (χ3v) is 2.52. The second-order valence-electron chi connectivity index (χ2n) is 3.75. The van der Waals surface area contributed by atoms with E-state index in [-0.39, 0.29) is 0 Å². The Morgan fingerprint density at radius 1 is 1.12 bits per heavy atom. The maximum Gasteiger partial charge on any atom is 0.416 e. The van der Waals surface area contributed by atoms with Gasteiger partial charge in [-0.2, -0.15) is 13.2 Å². The van der Waals surface area contributed by atoms with Gasteiger partial charge in [-0.1, -0.05) is 12.1 Å². The smallest absolute Gasteiger partial charge is 0.257 e. The fourth-order valence-corrected chi connectivity index (χ4v) is 1.51. The molecule has 1 aliphatic heterocycles. The highest BCUT2D eigenvalue weighted by atomic mass is 19.4. The normalized spacial score (nSPS) is 24.0. The molecule has 1 aromatic rings. The van der Waals surface area contributed by atoms with Crippen molar-refractivity contribution >= 4 is 12.6 Å². The first-order chi connectivity index (χ1) is 7.42. The number of rotatable bonds is 1. The monoisotopic (exact) mass is 226 g/mol. The molecule has 1 atom stereocenters. The minimum absolute atomic E-state index is 0.635. The summed E-state index contributed by atoms with van der Waals surface area (Å²) in [6.45, 7) is 1.79. The first kappa shape index (κ1) is 10.9. The number of hydrogen-bond donors (Lipinski definition) is 0. The Bertz CT molecular complexity index is 431. The van der Waals surface area contributed by atoms with Crippen molar-refractivity contribution in [2.45, 2.75) is 18.6 Å². The molecule has 0 spiro atoms. The summed E-state index contributed by atoms with van der Waals surface area (Å²) in [5.74, 6) is 0. The van der Waals surface area contributed by atoms with Gasteiger partial charge in [0.25, 0.3) is 0 Å². The number of aliphatic imine (C=N–C) groups is 2. The molecule has 1 aliphatic rings. The molecular formula is C11H9F3N2. The Balaban J connectivity index is 2.33. The van der Waals surface area contributed by atoms with Crippen molar-refractivity contribution in [3.05, 3.63) is 35.4 Å². The van der Waals surface area contributed by atoms with Crippen LogP contribution in [0.1, 0.15) is 18.1 Å². The highest BCUT2D eigenvalue weighted by Crippen LogP contribution is 2.32. The van der Waals surface area contributed by atoms with E-state index in [1.165, 1.54) is 18.5 Å². The molecule has 84 valence electrons. The van der Waals surface area contributed by atoms with E-state index in [0.29, 0.717) is 5.56 Å². The number of alkyl halides is 3. The van der Waals surface area contributed by atoms with Gasteiger partial charge < -0.3 is 0 Å². The van der Waals surface area contributed by atoms with Gasteiger partial charge in [0.05, 0.1) is 5.56 Å². The number of benzene rings is 1. The Kier molecular flexibility index (Phi) is 2.33. The van der Waals surface area contributed by atoms with Crippen LogP contribution in [0.25, 0.3) is 0 Å². The van der Waals surface area contributed by atoms with E-state index in [0.717, 1.165) is 12.1 Å². The van der Waals surface area contributed by atoms with Crippen molar-refractivity contribution in [2.75, 3.05) is 0 Å². The van der Waals surface area contributed by atoms with E-state index in [4.69, 9.17) is 0 Å². The van der Waals surface area contributed by atoms with Gasteiger partial charge in [0, 0.05) is 6.21 Å². The number of halogens is 3. The lowest BCUT2D eigenvalue weighted by Gasteiger charge is -2.18. The van der Waals surface area contributed by atoms with Gasteiger partial charge in [-0.15, -0.1) is 0 Å². The van der Waals surface area contributed by atoms with E-state index < -0.39 is 17.3 Å². The van der Waals surface area contributed by atoms with Crippen LogP contribution in [0, 0.1) is 0 Å². The fraction of sp³-hybridized carbons (Fsp3) is 0.273. The molecule has 2 rings (SSSR count). The first-order valence-electron chi connectivity index (χ1n) is 4.68. The van der Waals surface area contributed by atoms with Crippen LogP contribution in [-0.4, -0.2) is 12.6 Å². The standard InChI is InChI=1S/C11H9F3N2/c1-10(6-15-7-16-10)8-2-4-9(5-3-8)11(12,13)14/h2-7H,1H3. The maximum atomic E-state index is 12.3. The highest BCUT2D eigenvalue weighted by molar-refractivity contribution is 5.86. The molecule has 0 N–H and O–H groups in total. The van der Waals surface area contributed by atoms with Crippen LogP contribution in [0.15, 0.2) is 34.3 Å². The molecule has 0 saturated carbocycles. The molecule has 0 radical (unpaired) electrons. The second-order valence-corrected chi connectivity index (χ2v) is 3.75. The fourth-order valence-electron chi connectivity index (χ4n) is 1.51. The Hall–Kier alpha value is -1.65. The van der Waals surface area contributed by atoms with Crippen LogP contribution < -0.4 is 0 Å². The number of hydrogen-bond acceptors (Lipinski definition) is 2. The summed E-state index contributed by atoms with van der Waals surface area (Å²) in [7, 11) is 0. The SMILES string of the molecule is CC1(c2ccc(C(F)(F)F)cc2)C=NC=N1. The van der Waals surface area contributed by atoms with Gasteiger partial charge in [-0.3, -0.25) is 4.99 Å². The Morgan fingerprint density at radius 3 is 2.19 bits per heavy atom. The zero-order chi connectivity index (χ0) is 11.8. The molecule has 1 aromatic carbocycles. The van der Waals surface area contributed by atoms with Gasteiger partial charge >= 0.3 is 6.18 Å². The minimum atomic E-state index is -4.30. The summed E-state index contributed by atoms with van der Waals surface area (Å²) in [4.78, 5) is 7.95. The summed E-state index contributed by atoms with van der Waals surface area (Å²) >= 11 is 0. The molecule has 0 saturated heterocycles. The van der Waals surface area contributed by atoms with Crippen LogP contribution in [0.3, 0.4) is 0 Å². The van der Waals surface area contributed by atoms with E-state index in [1.807, 2.05) is 0 Å². The molecular weight excluding hydrogens is 217 g/mol. The van der Waals surface area contributed by atoms with Crippen LogP contribution >= 0.6 is 0 Å². The zero-order valence-electron chi connectivity index (χ0n) is 8.49. The van der Waals surface area contributed by atoms with E-state index >= 15 is 0 Å². The molecule has 0 bridgehead atoms. The highest BCUT2D eigenvalue weighted by Gasteiger charge is 2.31. The molecule has 0 amide bonds. The summed E-state index contributed by atoms with van der Waals surface area (Å²) in [6.07, 6.45) is -1.29. The van der Waals surface area contributed by atoms with Gasteiger partial charge in [0.1, 0.15) is 11.9 Å². The van der Waals surface area contributed by atoms with Crippen molar-refractivity contribution in [1.82, 2.24) is 0 Å². The molecule has 1 heterocycles. The maximum absolute atomic E-state index is 12.3.